The highest BCUT2D eigenvalue weighted by molar-refractivity contribution is 7.89. The summed E-state index contributed by atoms with van der Waals surface area (Å²) in [6.07, 6.45) is 5.47. The Morgan fingerprint density at radius 3 is 2.54 bits per heavy atom. The first-order valence-corrected chi connectivity index (χ1v) is 11.7. The van der Waals surface area contributed by atoms with Gasteiger partial charge in [0, 0.05) is 32.2 Å². The summed E-state index contributed by atoms with van der Waals surface area (Å²) in [6.45, 7) is 6.69. The number of ether oxygens (including phenoxy) is 1. The molecule has 0 N–H and O–H groups in total. The molecule has 2 saturated heterocycles. The van der Waals surface area contributed by atoms with Crippen molar-refractivity contribution in [3.8, 4) is 6.07 Å². The lowest BCUT2D eigenvalue weighted by Gasteiger charge is -2.40. The van der Waals surface area contributed by atoms with E-state index in [2.05, 4.69) is 11.0 Å². The van der Waals surface area contributed by atoms with Crippen LogP contribution in [0, 0.1) is 23.7 Å². The van der Waals surface area contributed by atoms with Crippen LogP contribution >= 0.6 is 0 Å². The van der Waals surface area contributed by atoms with E-state index in [1.54, 1.807) is 16.4 Å². The van der Waals surface area contributed by atoms with Gasteiger partial charge in [0.25, 0.3) is 0 Å². The highest BCUT2D eigenvalue weighted by Crippen LogP contribution is 2.48. The lowest BCUT2D eigenvalue weighted by Crippen LogP contribution is -2.45. The van der Waals surface area contributed by atoms with Gasteiger partial charge in [-0.3, -0.25) is 4.90 Å². The van der Waals surface area contributed by atoms with Gasteiger partial charge in [-0.25, -0.2) is 8.42 Å². The van der Waals surface area contributed by atoms with Crippen LogP contribution in [0.3, 0.4) is 0 Å². The Bertz CT molecular complexity index is 863. The molecule has 3 fully saturated rings. The molecule has 6 nitrogen and oxygen atoms in total. The smallest absolute Gasteiger partial charge is 0.243 e. The van der Waals surface area contributed by atoms with E-state index in [0.717, 1.165) is 44.7 Å². The van der Waals surface area contributed by atoms with Gasteiger partial charge in [0.05, 0.1) is 29.7 Å². The first kappa shape index (κ1) is 19.8. The van der Waals surface area contributed by atoms with Gasteiger partial charge >= 0.3 is 0 Å². The molecule has 2 aliphatic heterocycles. The second-order valence-electron chi connectivity index (χ2n) is 8.54. The van der Waals surface area contributed by atoms with Gasteiger partial charge in [-0.15, -0.1) is 0 Å². The molecule has 0 amide bonds. The van der Waals surface area contributed by atoms with Crippen molar-refractivity contribution in [3.63, 3.8) is 0 Å². The van der Waals surface area contributed by atoms with Crippen LogP contribution in [-0.2, 0) is 14.8 Å². The van der Waals surface area contributed by atoms with E-state index < -0.39 is 10.0 Å². The van der Waals surface area contributed by atoms with Gasteiger partial charge in [0.15, 0.2) is 0 Å². The quantitative estimate of drug-likeness (QED) is 0.775. The Morgan fingerprint density at radius 1 is 1.14 bits per heavy atom. The molecule has 4 rings (SSSR count). The fraction of sp³-hybridized carbons (Fsp3) is 0.667. The number of nitriles is 1. The molecule has 1 aromatic carbocycles. The summed E-state index contributed by atoms with van der Waals surface area (Å²) in [7, 11) is -3.54. The highest BCUT2D eigenvalue weighted by Gasteiger charge is 2.45. The lowest BCUT2D eigenvalue weighted by atomic mass is 9.77. The van der Waals surface area contributed by atoms with E-state index in [1.807, 2.05) is 6.92 Å². The number of nitrogens with zero attached hydrogens (tertiary/aromatic N) is 3. The molecule has 1 spiro atoms. The minimum absolute atomic E-state index is 0.239. The Morgan fingerprint density at radius 2 is 1.86 bits per heavy atom. The Balaban J connectivity index is 1.42. The van der Waals surface area contributed by atoms with E-state index in [4.69, 9.17) is 4.74 Å². The Kier molecular flexibility index (Phi) is 5.49. The van der Waals surface area contributed by atoms with E-state index in [0.29, 0.717) is 30.1 Å². The maximum atomic E-state index is 13.1. The fourth-order valence-electron chi connectivity index (χ4n) is 5.12. The Labute approximate surface area is 168 Å². The molecule has 0 aromatic heterocycles. The average molecular weight is 404 g/mol. The third-order valence-electron chi connectivity index (χ3n) is 6.99. The molecule has 2 heterocycles. The third-order valence-corrected chi connectivity index (χ3v) is 8.88. The van der Waals surface area contributed by atoms with Crippen LogP contribution in [-0.4, -0.2) is 63.1 Å². The van der Waals surface area contributed by atoms with Crippen LogP contribution in [0.15, 0.2) is 23.1 Å². The third kappa shape index (κ3) is 3.71. The molecule has 28 heavy (non-hydrogen) atoms. The van der Waals surface area contributed by atoms with Gasteiger partial charge < -0.3 is 4.74 Å². The van der Waals surface area contributed by atoms with E-state index in [9.17, 15) is 13.7 Å². The van der Waals surface area contributed by atoms with Crippen molar-refractivity contribution in [2.24, 2.45) is 5.41 Å². The number of aryl methyl sites for hydroxylation is 1. The molecule has 1 atom stereocenters. The number of sulfonamides is 1. The second-order valence-corrected chi connectivity index (χ2v) is 10.5. The van der Waals surface area contributed by atoms with Crippen molar-refractivity contribution < 1.29 is 13.2 Å². The molecule has 1 saturated carbocycles. The summed E-state index contributed by atoms with van der Waals surface area (Å²) in [5.41, 5.74) is 1.53. The number of piperidine rings is 1. The van der Waals surface area contributed by atoms with E-state index >= 15 is 0 Å². The molecule has 0 radical (unpaired) electrons. The SMILES string of the molecule is Cc1ccc(S(=O)(=O)N2CCC3(CCC(N4CCOCC4)C3)CC2)cc1C#N. The maximum Gasteiger partial charge on any atom is 0.243 e. The first-order valence-electron chi connectivity index (χ1n) is 10.3. The predicted octanol–water partition coefficient (Wildman–Crippen LogP) is 2.52. The normalized spacial score (nSPS) is 26.4. The molecule has 152 valence electrons. The monoisotopic (exact) mass is 403 g/mol. The van der Waals surface area contributed by atoms with E-state index in [-0.39, 0.29) is 4.90 Å². The zero-order valence-corrected chi connectivity index (χ0v) is 17.4. The topological polar surface area (TPSA) is 73.6 Å². The number of hydrogen-bond acceptors (Lipinski definition) is 5. The zero-order valence-electron chi connectivity index (χ0n) is 16.6. The summed E-state index contributed by atoms with van der Waals surface area (Å²) in [4.78, 5) is 2.81. The molecular formula is C21H29N3O3S. The van der Waals surface area contributed by atoms with Gasteiger partial charge in [0.2, 0.25) is 10.0 Å². The van der Waals surface area contributed by atoms with Gasteiger partial charge in [-0.2, -0.15) is 9.57 Å². The average Bonchev–Trinajstić information content (AvgIpc) is 3.13. The number of benzene rings is 1. The molecule has 1 aliphatic carbocycles. The lowest BCUT2D eigenvalue weighted by molar-refractivity contribution is 0.0137. The zero-order chi connectivity index (χ0) is 19.8. The summed E-state index contributed by atoms with van der Waals surface area (Å²) >= 11 is 0. The largest absolute Gasteiger partial charge is 0.379 e. The molecule has 7 heteroatoms. The number of morpholine rings is 1. The van der Waals surface area contributed by atoms with Crippen LogP contribution in [0.25, 0.3) is 0 Å². The van der Waals surface area contributed by atoms with Crippen molar-refractivity contribution in [2.75, 3.05) is 39.4 Å². The van der Waals surface area contributed by atoms with E-state index in [1.165, 1.54) is 25.3 Å². The molecule has 0 bridgehead atoms. The maximum absolute atomic E-state index is 13.1. The highest BCUT2D eigenvalue weighted by atomic mass is 32.2. The van der Waals surface area contributed by atoms with Gasteiger partial charge in [0.1, 0.15) is 0 Å². The predicted molar refractivity (Wildman–Crippen MR) is 106 cm³/mol. The van der Waals surface area contributed by atoms with Gasteiger partial charge in [-0.05, 0) is 62.1 Å². The van der Waals surface area contributed by atoms with Crippen LogP contribution in [0.5, 0.6) is 0 Å². The van der Waals surface area contributed by atoms with Crippen molar-refractivity contribution in [1.29, 1.82) is 5.26 Å². The van der Waals surface area contributed by atoms with Crippen molar-refractivity contribution in [1.82, 2.24) is 9.21 Å². The summed E-state index contributed by atoms with van der Waals surface area (Å²) < 4.78 is 33.2. The minimum atomic E-state index is -3.54. The molecule has 1 aromatic rings. The van der Waals surface area contributed by atoms with Gasteiger partial charge in [-0.1, -0.05) is 6.07 Å². The standard InChI is InChI=1S/C21H29N3O3S/c1-17-2-3-20(14-18(17)16-22)28(25,26)24-8-6-21(7-9-24)5-4-19(15-21)23-10-12-27-13-11-23/h2-3,14,19H,4-13,15H2,1H3. The Hall–Kier alpha value is -1.46. The first-order chi connectivity index (χ1) is 13.4. The number of rotatable bonds is 3. The summed E-state index contributed by atoms with van der Waals surface area (Å²) in [5, 5.41) is 9.22. The fourth-order valence-corrected chi connectivity index (χ4v) is 6.59. The second kappa shape index (κ2) is 7.75. The summed E-state index contributed by atoms with van der Waals surface area (Å²) in [5.74, 6) is 0. The summed E-state index contributed by atoms with van der Waals surface area (Å²) in [6, 6.07) is 7.58. The van der Waals surface area contributed by atoms with Crippen LogP contribution in [0.2, 0.25) is 0 Å². The van der Waals surface area contributed by atoms with Crippen molar-refractivity contribution >= 4 is 10.0 Å². The minimum Gasteiger partial charge on any atom is -0.379 e. The number of hydrogen-bond donors (Lipinski definition) is 0. The van der Waals surface area contributed by atoms with Crippen molar-refractivity contribution in [3.05, 3.63) is 29.3 Å². The van der Waals surface area contributed by atoms with Crippen LogP contribution < -0.4 is 0 Å². The van der Waals surface area contributed by atoms with Crippen molar-refractivity contribution in [2.45, 2.75) is 50.0 Å². The molecule has 3 aliphatic rings. The van der Waals surface area contributed by atoms with Crippen LogP contribution in [0.1, 0.15) is 43.2 Å². The molecular weight excluding hydrogens is 374 g/mol. The molecule has 1 unspecified atom stereocenters. The van der Waals surface area contributed by atoms with Crippen LogP contribution in [0.4, 0.5) is 0 Å².